The fourth-order valence-corrected chi connectivity index (χ4v) is 1.13. The number of hydrogen-bond donors (Lipinski definition) is 2. The second-order valence-corrected chi connectivity index (χ2v) is 2.71. The van der Waals surface area contributed by atoms with Gasteiger partial charge in [-0.15, -0.1) is 0 Å². The molecular formula is C7H8FN5O2. The van der Waals surface area contributed by atoms with E-state index in [1.54, 1.807) is 6.92 Å². The van der Waals surface area contributed by atoms with Crippen molar-refractivity contribution in [3.63, 3.8) is 0 Å². The monoisotopic (exact) mass is 213 g/mol. The normalized spacial score (nSPS) is 10.8. The average molecular weight is 213 g/mol. The molecule has 2 aromatic heterocycles. The van der Waals surface area contributed by atoms with E-state index in [-0.39, 0.29) is 24.2 Å². The van der Waals surface area contributed by atoms with Gasteiger partial charge in [0.25, 0.3) is 17.5 Å². The fraction of sp³-hybridized carbons (Fsp3) is 0.286. The van der Waals surface area contributed by atoms with Crippen LogP contribution in [0.15, 0.2) is 4.79 Å². The Hall–Kier alpha value is -2.12. The van der Waals surface area contributed by atoms with Gasteiger partial charge >= 0.3 is 5.56 Å². The van der Waals surface area contributed by atoms with E-state index in [4.69, 9.17) is 10.5 Å². The highest BCUT2D eigenvalue weighted by atomic mass is 19.1. The number of fused-ring (bicyclic) bond motifs is 1. The molecule has 0 aliphatic carbocycles. The summed E-state index contributed by atoms with van der Waals surface area (Å²) in [5.74, 6) is -1.48. The second kappa shape index (κ2) is 3.23. The standard InChI is InChI=1S/C7H8FN5O2/c1-2-15-4-3(8)5(14)13-7(10-4)11-6(9)12-13/h2H2,1H3,(H3,9,10,11,12). The van der Waals surface area contributed by atoms with E-state index < -0.39 is 11.4 Å². The van der Waals surface area contributed by atoms with Crippen LogP contribution in [-0.4, -0.2) is 26.2 Å². The molecule has 0 atom stereocenters. The minimum Gasteiger partial charge on any atom is -0.476 e. The van der Waals surface area contributed by atoms with E-state index in [0.29, 0.717) is 0 Å². The fourth-order valence-electron chi connectivity index (χ4n) is 1.13. The average Bonchev–Trinajstić information content (AvgIpc) is 2.56. The number of aromatic amines is 1. The Balaban J connectivity index is 2.76. The summed E-state index contributed by atoms with van der Waals surface area (Å²) in [5, 5.41) is 2.35. The lowest BCUT2D eigenvalue weighted by Gasteiger charge is -2.01. The third-order valence-corrected chi connectivity index (χ3v) is 1.71. The molecule has 0 aliphatic heterocycles. The Bertz CT molecular complexity index is 560. The van der Waals surface area contributed by atoms with Crippen LogP contribution in [0.5, 0.6) is 5.88 Å². The quantitative estimate of drug-likeness (QED) is 0.703. The third-order valence-electron chi connectivity index (χ3n) is 1.71. The van der Waals surface area contributed by atoms with Crippen LogP contribution < -0.4 is 16.0 Å². The Morgan fingerprint density at radius 2 is 2.33 bits per heavy atom. The van der Waals surface area contributed by atoms with Crippen LogP contribution in [0.4, 0.5) is 10.3 Å². The van der Waals surface area contributed by atoms with Gasteiger partial charge < -0.3 is 10.5 Å². The molecule has 80 valence electrons. The summed E-state index contributed by atoms with van der Waals surface area (Å²) in [6.07, 6.45) is 0. The predicted octanol–water partition coefficient (Wildman–Crippen LogP) is -0.462. The summed E-state index contributed by atoms with van der Waals surface area (Å²) in [4.78, 5) is 18.8. The van der Waals surface area contributed by atoms with E-state index in [9.17, 15) is 9.18 Å². The number of nitrogen functional groups attached to an aromatic ring is 1. The summed E-state index contributed by atoms with van der Waals surface area (Å²) in [6, 6.07) is 0. The molecule has 8 heteroatoms. The number of rotatable bonds is 2. The molecule has 0 aromatic carbocycles. The zero-order valence-corrected chi connectivity index (χ0v) is 7.82. The lowest BCUT2D eigenvalue weighted by Crippen LogP contribution is -2.20. The number of H-pyrrole nitrogens is 1. The molecule has 0 saturated heterocycles. The van der Waals surface area contributed by atoms with E-state index in [1.165, 1.54) is 0 Å². The summed E-state index contributed by atoms with van der Waals surface area (Å²) >= 11 is 0. The van der Waals surface area contributed by atoms with Gasteiger partial charge in [0.2, 0.25) is 5.95 Å². The molecule has 0 saturated carbocycles. The van der Waals surface area contributed by atoms with Crippen molar-refractivity contribution in [3.8, 4) is 5.88 Å². The van der Waals surface area contributed by atoms with Crippen LogP contribution in [0.3, 0.4) is 0 Å². The van der Waals surface area contributed by atoms with Gasteiger partial charge in [0.1, 0.15) is 0 Å². The van der Waals surface area contributed by atoms with Crippen molar-refractivity contribution >= 4 is 11.7 Å². The van der Waals surface area contributed by atoms with Gasteiger partial charge in [-0.1, -0.05) is 0 Å². The number of nitrogens with zero attached hydrogens (tertiary/aromatic N) is 3. The number of anilines is 1. The minimum absolute atomic E-state index is 0.0207. The van der Waals surface area contributed by atoms with Crippen molar-refractivity contribution in [2.45, 2.75) is 6.92 Å². The summed E-state index contributed by atoms with van der Waals surface area (Å²) in [5.41, 5.74) is 4.38. The third kappa shape index (κ3) is 1.39. The number of hydrogen-bond acceptors (Lipinski definition) is 5. The number of halogens is 1. The van der Waals surface area contributed by atoms with Crippen molar-refractivity contribution in [2.24, 2.45) is 0 Å². The van der Waals surface area contributed by atoms with Crippen molar-refractivity contribution in [3.05, 3.63) is 16.2 Å². The zero-order valence-electron chi connectivity index (χ0n) is 7.82. The molecule has 0 amide bonds. The topological polar surface area (TPSA) is 98.3 Å². The second-order valence-electron chi connectivity index (χ2n) is 2.71. The molecule has 2 aromatic rings. The molecule has 0 aliphatic rings. The minimum atomic E-state index is -1.07. The number of aromatic nitrogens is 4. The molecule has 0 fully saturated rings. The Labute approximate surface area is 82.7 Å². The highest BCUT2D eigenvalue weighted by Gasteiger charge is 2.15. The first kappa shape index (κ1) is 9.44. The van der Waals surface area contributed by atoms with Crippen LogP contribution in [0.1, 0.15) is 6.92 Å². The highest BCUT2D eigenvalue weighted by molar-refractivity contribution is 5.36. The maximum Gasteiger partial charge on any atom is 0.314 e. The molecule has 0 radical (unpaired) electrons. The van der Waals surface area contributed by atoms with Gasteiger partial charge in [0.05, 0.1) is 6.61 Å². The molecule has 0 bridgehead atoms. The SMILES string of the molecule is CCOc1nc2nc(N)[nH]n2c(=O)c1F. The lowest BCUT2D eigenvalue weighted by molar-refractivity contribution is 0.305. The zero-order chi connectivity index (χ0) is 11.0. The largest absolute Gasteiger partial charge is 0.476 e. The van der Waals surface area contributed by atoms with Crippen LogP contribution >= 0.6 is 0 Å². The lowest BCUT2D eigenvalue weighted by atomic mass is 10.6. The Kier molecular flexibility index (Phi) is 2.03. The van der Waals surface area contributed by atoms with E-state index in [0.717, 1.165) is 4.52 Å². The number of nitrogens with one attached hydrogen (secondary N) is 1. The van der Waals surface area contributed by atoms with E-state index in [1.807, 2.05) is 0 Å². The molecule has 7 nitrogen and oxygen atoms in total. The van der Waals surface area contributed by atoms with Gasteiger partial charge in [0.15, 0.2) is 0 Å². The first-order valence-corrected chi connectivity index (χ1v) is 4.20. The molecule has 0 unspecified atom stereocenters. The molecule has 2 rings (SSSR count). The van der Waals surface area contributed by atoms with Gasteiger partial charge in [-0.2, -0.15) is 18.9 Å². The van der Waals surface area contributed by atoms with Crippen LogP contribution in [0, 0.1) is 5.82 Å². The van der Waals surface area contributed by atoms with Gasteiger partial charge in [-0.3, -0.25) is 9.89 Å². The Morgan fingerprint density at radius 3 is 3.00 bits per heavy atom. The van der Waals surface area contributed by atoms with Crippen LogP contribution in [0.25, 0.3) is 5.78 Å². The maximum atomic E-state index is 13.3. The van der Waals surface area contributed by atoms with Crippen LogP contribution in [0.2, 0.25) is 0 Å². The summed E-state index contributed by atoms with van der Waals surface area (Å²) in [7, 11) is 0. The van der Waals surface area contributed by atoms with Crippen molar-refractivity contribution in [1.29, 1.82) is 0 Å². The van der Waals surface area contributed by atoms with Gasteiger partial charge in [-0.25, -0.2) is 0 Å². The summed E-state index contributed by atoms with van der Waals surface area (Å²) < 4.78 is 19.0. The smallest absolute Gasteiger partial charge is 0.314 e. The van der Waals surface area contributed by atoms with Crippen molar-refractivity contribution < 1.29 is 9.13 Å². The molecule has 15 heavy (non-hydrogen) atoms. The number of nitrogens with two attached hydrogens (primary N) is 1. The van der Waals surface area contributed by atoms with Crippen molar-refractivity contribution in [2.75, 3.05) is 12.3 Å². The van der Waals surface area contributed by atoms with Gasteiger partial charge in [0, 0.05) is 0 Å². The molecule has 0 spiro atoms. The van der Waals surface area contributed by atoms with Gasteiger partial charge in [-0.05, 0) is 6.92 Å². The summed E-state index contributed by atoms with van der Waals surface area (Å²) in [6.45, 7) is 1.86. The van der Waals surface area contributed by atoms with E-state index in [2.05, 4.69) is 15.1 Å². The molecular weight excluding hydrogens is 205 g/mol. The first-order valence-electron chi connectivity index (χ1n) is 4.20. The first-order chi connectivity index (χ1) is 7.13. The predicted molar refractivity (Wildman–Crippen MR) is 49.1 cm³/mol. The Morgan fingerprint density at radius 1 is 1.60 bits per heavy atom. The van der Waals surface area contributed by atoms with Crippen LogP contribution in [-0.2, 0) is 0 Å². The maximum absolute atomic E-state index is 13.3. The molecule has 2 heterocycles. The highest BCUT2D eigenvalue weighted by Crippen LogP contribution is 2.10. The van der Waals surface area contributed by atoms with Crippen molar-refractivity contribution in [1.82, 2.24) is 19.6 Å². The molecule has 3 N–H and O–H groups in total. The van der Waals surface area contributed by atoms with E-state index >= 15 is 0 Å². The number of ether oxygens (including phenoxy) is 1.